The lowest BCUT2D eigenvalue weighted by Crippen LogP contribution is -2.29. The SMILES string of the molecule is CCCCOC(=O)CCCN1C(=O)C(=CC(C)=Cc2ccccc2)SC1=S. The minimum atomic E-state index is -0.217. The van der Waals surface area contributed by atoms with Crippen molar-refractivity contribution in [1.82, 2.24) is 4.90 Å². The number of allylic oxidation sites excluding steroid dienone is 2. The fourth-order valence-electron chi connectivity index (χ4n) is 2.54. The van der Waals surface area contributed by atoms with Gasteiger partial charge in [0, 0.05) is 13.0 Å². The highest BCUT2D eigenvalue weighted by atomic mass is 32.2. The molecule has 0 bridgehead atoms. The van der Waals surface area contributed by atoms with Crippen LogP contribution in [0.3, 0.4) is 0 Å². The van der Waals surface area contributed by atoms with Crippen LogP contribution in [0.1, 0.15) is 45.1 Å². The number of esters is 1. The van der Waals surface area contributed by atoms with Crippen molar-refractivity contribution in [2.45, 2.75) is 39.5 Å². The van der Waals surface area contributed by atoms with Crippen LogP contribution in [0, 0.1) is 0 Å². The smallest absolute Gasteiger partial charge is 0.305 e. The molecule has 0 saturated carbocycles. The standard InChI is InChI=1S/C21H25NO3S2/c1-3-4-13-25-19(23)11-8-12-22-20(24)18(27-21(22)26)15-16(2)14-17-9-6-5-7-10-17/h5-7,9-10,14-15H,3-4,8,11-13H2,1-2H3. The van der Waals surface area contributed by atoms with Gasteiger partial charge in [-0.1, -0.05) is 73.7 Å². The lowest BCUT2D eigenvalue weighted by Gasteiger charge is -2.13. The summed E-state index contributed by atoms with van der Waals surface area (Å²) in [4.78, 5) is 26.4. The van der Waals surface area contributed by atoms with Crippen LogP contribution in [0.4, 0.5) is 0 Å². The number of thioether (sulfide) groups is 1. The molecule has 1 aliphatic heterocycles. The summed E-state index contributed by atoms with van der Waals surface area (Å²) in [6, 6.07) is 9.96. The van der Waals surface area contributed by atoms with E-state index >= 15 is 0 Å². The maximum absolute atomic E-state index is 12.6. The predicted molar refractivity (Wildman–Crippen MR) is 115 cm³/mol. The number of rotatable bonds is 9. The number of thiocarbonyl (C=S) groups is 1. The third-order valence-corrected chi connectivity index (χ3v) is 5.33. The summed E-state index contributed by atoms with van der Waals surface area (Å²) in [6.07, 6.45) is 6.61. The van der Waals surface area contributed by atoms with E-state index in [9.17, 15) is 9.59 Å². The van der Waals surface area contributed by atoms with Crippen molar-refractivity contribution in [1.29, 1.82) is 0 Å². The van der Waals surface area contributed by atoms with E-state index in [1.54, 1.807) is 4.90 Å². The van der Waals surface area contributed by atoms with Gasteiger partial charge in [-0.05, 0) is 37.0 Å². The summed E-state index contributed by atoms with van der Waals surface area (Å²) < 4.78 is 5.67. The van der Waals surface area contributed by atoms with Crippen molar-refractivity contribution in [3.63, 3.8) is 0 Å². The van der Waals surface area contributed by atoms with Crippen LogP contribution in [-0.2, 0) is 14.3 Å². The maximum atomic E-state index is 12.6. The number of carbonyl (C=O) groups is 2. The molecule has 0 atom stereocenters. The molecule has 6 heteroatoms. The first-order valence-electron chi connectivity index (χ1n) is 9.15. The van der Waals surface area contributed by atoms with Gasteiger partial charge in [-0.2, -0.15) is 0 Å². The van der Waals surface area contributed by atoms with Crippen LogP contribution in [0.5, 0.6) is 0 Å². The molecule has 0 aliphatic carbocycles. The lowest BCUT2D eigenvalue weighted by molar-refractivity contribution is -0.144. The molecule has 4 nitrogen and oxygen atoms in total. The topological polar surface area (TPSA) is 46.6 Å². The number of amides is 1. The second-order valence-corrected chi connectivity index (χ2v) is 7.99. The minimum Gasteiger partial charge on any atom is -0.466 e. The molecule has 0 unspecified atom stereocenters. The molecule has 27 heavy (non-hydrogen) atoms. The molecule has 0 aromatic heterocycles. The van der Waals surface area contributed by atoms with E-state index in [0.29, 0.717) is 35.2 Å². The Morgan fingerprint density at radius 3 is 2.70 bits per heavy atom. The van der Waals surface area contributed by atoms with Gasteiger partial charge < -0.3 is 4.74 Å². The zero-order valence-electron chi connectivity index (χ0n) is 15.8. The average Bonchev–Trinajstić information content (AvgIpc) is 2.90. The Morgan fingerprint density at radius 1 is 1.26 bits per heavy atom. The molecular formula is C21H25NO3S2. The number of unbranched alkanes of at least 4 members (excludes halogenated alkanes) is 1. The van der Waals surface area contributed by atoms with Gasteiger partial charge in [0.1, 0.15) is 4.32 Å². The van der Waals surface area contributed by atoms with Gasteiger partial charge in [-0.3, -0.25) is 14.5 Å². The first-order chi connectivity index (χ1) is 13.0. The maximum Gasteiger partial charge on any atom is 0.305 e. The molecule has 1 heterocycles. The van der Waals surface area contributed by atoms with E-state index in [2.05, 4.69) is 0 Å². The van der Waals surface area contributed by atoms with Gasteiger partial charge in [0.05, 0.1) is 11.5 Å². The van der Waals surface area contributed by atoms with Crippen molar-refractivity contribution in [2.24, 2.45) is 0 Å². The fraction of sp³-hybridized carbons (Fsp3) is 0.381. The highest BCUT2D eigenvalue weighted by Gasteiger charge is 2.31. The summed E-state index contributed by atoms with van der Waals surface area (Å²) in [5.74, 6) is -0.309. The van der Waals surface area contributed by atoms with Crippen LogP contribution >= 0.6 is 24.0 Å². The summed E-state index contributed by atoms with van der Waals surface area (Å²) in [7, 11) is 0. The average molecular weight is 404 g/mol. The Bertz CT molecular complexity index is 741. The fourth-order valence-corrected chi connectivity index (χ4v) is 3.90. The summed E-state index contributed by atoms with van der Waals surface area (Å²) in [6.45, 7) is 4.91. The Balaban J connectivity index is 1.88. The van der Waals surface area contributed by atoms with E-state index in [1.807, 2.05) is 56.3 Å². The molecular weight excluding hydrogens is 378 g/mol. The number of benzene rings is 1. The molecule has 144 valence electrons. The molecule has 1 saturated heterocycles. The number of hydrogen-bond acceptors (Lipinski definition) is 5. The van der Waals surface area contributed by atoms with Crippen molar-refractivity contribution in [3.8, 4) is 0 Å². The number of hydrogen-bond donors (Lipinski definition) is 0. The van der Waals surface area contributed by atoms with Crippen LogP contribution in [0.25, 0.3) is 6.08 Å². The lowest BCUT2D eigenvalue weighted by atomic mass is 10.1. The van der Waals surface area contributed by atoms with Crippen LogP contribution in [-0.4, -0.2) is 34.2 Å². The summed E-state index contributed by atoms with van der Waals surface area (Å²) in [5.41, 5.74) is 2.07. The van der Waals surface area contributed by atoms with E-state index < -0.39 is 0 Å². The summed E-state index contributed by atoms with van der Waals surface area (Å²) >= 11 is 6.64. The predicted octanol–water partition coefficient (Wildman–Crippen LogP) is 4.96. The van der Waals surface area contributed by atoms with Crippen LogP contribution < -0.4 is 0 Å². The molecule has 1 aliphatic rings. The molecule has 0 spiro atoms. The Labute approximate surface area is 170 Å². The number of ether oxygens (including phenoxy) is 1. The molecule has 1 fully saturated rings. The Kier molecular flexibility index (Phi) is 8.75. The van der Waals surface area contributed by atoms with Crippen LogP contribution in [0.15, 0.2) is 46.9 Å². The van der Waals surface area contributed by atoms with E-state index in [1.165, 1.54) is 11.8 Å². The highest BCUT2D eigenvalue weighted by molar-refractivity contribution is 8.26. The van der Waals surface area contributed by atoms with Crippen molar-refractivity contribution >= 4 is 46.3 Å². The third-order valence-electron chi connectivity index (χ3n) is 3.95. The molecule has 0 radical (unpaired) electrons. The van der Waals surface area contributed by atoms with Gasteiger partial charge in [0.25, 0.3) is 5.91 Å². The van der Waals surface area contributed by atoms with Gasteiger partial charge in [-0.15, -0.1) is 0 Å². The van der Waals surface area contributed by atoms with Gasteiger partial charge in [0.15, 0.2) is 0 Å². The zero-order chi connectivity index (χ0) is 19.6. The first-order valence-corrected chi connectivity index (χ1v) is 10.4. The Morgan fingerprint density at radius 2 is 2.00 bits per heavy atom. The van der Waals surface area contributed by atoms with E-state index in [4.69, 9.17) is 17.0 Å². The highest BCUT2D eigenvalue weighted by Crippen LogP contribution is 2.32. The zero-order valence-corrected chi connectivity index (χ0v) is 17.4. The first kappa shape index (κ1) is 21.4. The largest absolute Gasteiger partial charge is 0.466 e. The van der Waals surface area contributed by atoms with E-state index in [-0.39, 0.29) is 11.9 Å². The monoisotopic (exact) mass is 403 g/mol. The van der Waals surface area contributed by atoms with Gasteiger partial charge in [-0.25, -0.2) is 0 Å². The van der Waals surface area contributed by atoms with Crippen LogP contribution in [0.2, 0.25) is 0 Å². The molecule has 2 rings (SSSR count). The molecule has 1 aromatic carbocycles. The normalized spacial score (nSPS) is 16.3. The van der Waals surface area contributed by atoms with Crippen molar-refractivity contribution < 1.29 is 14.3 Å². The van der Waals surface area contributed by atoms with E-state index in [0.717, 1.165) is 24.0 Å². The summed E-state index contributed by atoms with van der Waals surface area (Å²) in [5, 5.41) is 0. The molecule has 1 amide bonds. The van der Waals surface area contributed by atoms with Gasteiger partial charge >= 0.3 is 5.97 Å². The number of nitrogens with zero attached hydrogens (tertiary/aromatic N) is 1. The minimum absolute atomic E-state index is 0.0924. The second kappa shape index (κ2) is 11.0. The van der Waals surface area contributed by atoms with Gasteiger partial charge in [0.2, 0.25) is 0 Å². The Hall–Kier alpha value is -1.92. The molecule has 1 aromatic rings. The van der Waals surface area contributed by atoms with Crippen molar-refractivity contribution in [2.75, 3.05) is 13.2 Å². The quantitative estimate of drug-likeness (QED) is 0.252. The molecule has 0 N–H and O–H groups in total. The second-order valence-electron chi connectivity index (χ2n) is 6.31. The third kappa shape index (κ3) is 6.96. The number of carbonyl (C=O) groups excluding carboxylic acids is 2. The van der Waals surface area contributed by atoms with Crippen molar-refractivity contribution in [3.05, 3.63) is 52.4 Å².